The fourth-order valence-electron chi connectivity index (χ4n) is 1.40. The van der Waals surface area contributed by atoms with E-state index in [0.29, 0.717) is 6.42 Å². The molecule has 0 amide bonds. The predicted molar refractivity (Wildman–Crippen MR) is 66.8 cm³/mol. The van der Waals surface area contributed by atoms with Crippen molar-refractivity contribution >= 4 is 12.2 Å². The lowest BCUT2D eigenvalue weighted by Gasteiger charge is -1.98. The summed E-state index contributed by atoms with van der Waals surface area (Å²) in [7, 11) is 0. The lowest BCUT2D eigenvalue weighted by atomic mass is 10.1. The van der Waals surface area contributed by atoms with Crippen LogP contribution in [-0.4, -0.2) is 17.3 Å². The predicted octanol–water partition coefficient (Wildman–Crippen LogP) is 3.56. The van der Waals surface area contributed by atoms with Gasteiger partial charge >= 0.3 is 5.97 Å². The largest absolute Gasteiger partial charge is 0.481 e. The van der Waals surface area contributed by atoms with Gasteiger partial charge in [0.25, 0.3) is 0 Å². The Hall–Kier alpha value is -1.34. The van der Waals surface area contributed by atoms with Crippen LogP contribution in [0.5, 0.6) is 0 Å². The first-order valence-electron chi connectivity index (χ1n) is 5.85. The van der Waals surface area contributed by atoms with Crippen molar-refractivity contribution in [3.63, 3.8) is 0 Å². The van der Waals surface area contributed by atoms with Crippen molar-refractivity contribution in [2.24, 2.45) is 4.99 Å². The van der Waals surface area contributed by atoms with Gasteiger partial charge in [-0.25, -0.2) is 0 Å². The number of hydrogen-bond acceptors (Lipinski definition) is 2. The van der Waals surface area contributed by atoms with Crippen LogP contribution in [0.1, 0.15) is 51.4 Å². The molecule has 0 aromatic rings. The van der Waals surface area contributed by atoms with E-state index >= 15 is 0 Å². The van der Waals surface area contributed by atoms with Crippen molar-refractivity contribution in [1.82, 2.24) is 0 Å². The Morgan fingerprint density at radius 2 is 1.81 bits per heavy atom. The maximum atomic E-state index is 10.2. The zero-order valence-corrected chi connectivity index (χ0v) is 9.82. The second-order valence-electron chi connectivity index (χ2n) is 3.72. The Morgan fingerprint density at radius 1 is 1.19 bits per heavy atom. The molecular weight excluding hydrogens is 202 g/mol. The highest BCUT2D eigenvalue weighted by atomic mass is 16.4. The van der Waals surface area contributed by atoms with E-state index in [1.165, 1.54) is 12.8 Å². The minimum atomic E-state index is -0.688. The molecule has 0 aliphatic carbocycles. The van der Waals surface area contributed by atoms with Gasteiger partial charge in [0.05, 0.1) is 6.20 Å². The third-order valence-electron chi connectivity index (χ3n) is 2.25. The normalized spacial score (nSPS) is 10.2. The van der Waals surface area contributed by atoms with Crippen LogP contribution in [0.2, 0.25) is 0 Å². The van der Waals surface area contributed by atoms with E-state index in [1.54, 1.807) is 6.20 Å². The van der Waals surface area contributed by atoms with Crippen LogP contribution in [0.3, 0.4) is 0 Å². The average molecular weight is 223 g/mol. The van der Waals surface area contributed by atoms with Gasteiger partial charge in [-0.3, -0.25) is 9.79 Å². The summed E-state index contributed by atoms with van der Waals surface area (Å²) in [5.74, 6) is -0.688. The van der Waals surface area contributed by atoms with Crippen molar-refractivity contribution in [3.8, 4) is 0 Å². The monoisotopic (exact) mass is 223 g/mol. The van der Waals surface area contributed by atoms with Crippen molar-refractivity contribution in [1.29, 1.82) is 0 Å². The van der Waals surface area contributed by atoms with Crippen LogP contribution in [-0.2, 0) is 4.79 Å². The molecule has 0 heterocycles. The minimum absolute atomic E-state index is 0.306. The Kier molecular flexibility index (Phi) is 10.8. The standard InChI is InChI=1S/C13H21NO2/c1-2-11-14-12-9-7-5-3-4-6-8-10-13(15)16/h11-12H,1,3-10H2,(H,15,16). The molecule has 0 unspecified atom stereocenters. The zero-order chi connectivity index (χ0) is 12.1. The van der Waals surface area contributed by atoms with Gasteiger partial charge in [0.2, 0.25) is 0 Å². The second kappa shape index (κ2) is 11.7. The van der Waals surface area contributed by atoms with Crippen LogP contribution in [0.15, 0.2) is 23.5 Å². The van der Waals surface area contributed by atoms with Gasteiger partial charge in [0, 0.05) is 12.6 Å². The molecule has 0 bridgehead atoms. The highest BCUT2D eigenvalue weighted by molar-refractivity contribution is 5.66. The first kappa shape index (κ1) is 14.7. The molecule has 90 valence electrons. The molecule has 0 aromatic carbocycles. The minimum Gasteiger partial charge on any atom is -0.481 e. The van der Waals surface area contributed by atoms with Gasteiger partial charge in [0.1, 0.15) is 0 Å². The highest BCUT2D eigenvalue weighted by Gasteiger charge is 1.95. The van der Waals surface area contributed by atoms with Gasteiger partial charge in [-0.2, -0.15) is 0 Å². The zero-order valence-electron chi connectivity index (χ0n) is 9.82. The van der Waals surface area contributed by atoms with Crippen molar-refractivity contribution in [2.75, 3.05) is 0 Å². The van der Waals surface area contributed by atoms with E-state index in [-0.39, 0.29) is 0 Å². The number of hydrogen-bond donors (Lipinski definition) is 1. The number of aliphatic carboxylic acids is 1. The number of carbonyl (C=O) groups is 1. The third kappa shape index (κ3) is 12.7. The summed E-state index contributed by atoms with van der Waals surface area (Å²) in [6.07, 6.45) is 11.2. The molecule has 1 N–H and O–H groups in total. The first-order valence-corrected chi connectivity index (χ1v) is 5.85. The fourth-order valence-corrected chi connectivity index (χ4v) is 1.40. The molecule has 0 aliphatic rings. The Bertz CT molecular complexity index is 253. The molecule has 3 heteroatoms. The molecule has 0 aliphatic heterocycles. The lowest BCUT2D eigenvalue weighted by molar-refractivity contribution is -0.137. The van der Waals surface area contributed by atoms with Gasteiger partial charge in [0.15, 0.2) is 0 Å². The van der Waals surface area contributed by atoms with Crippen LogP contribution >= 0.6 is 0 Å². The van der Waals surface area contributed by atoms with E-state index in [9.17, 15) is 4.79 Å². The Labute approximate surface area is 97.6 Å². The lowest BCUT2D eigenvalue weighted by Crippen LogP contribution is -1.93. The van der Waals surface area contributed by atoms with Gasteiger partial charge in [-0.15, -0.1) is 5.73 Å². The summed E-state index contributed by atoms with van der Waals surface area (Å²) in [5.41, 5.74) is 2.58. The van der Waals surface area contributed by atoms with Crippen molar-refractivity contribution in [3.05, 3.63) is 18.5 Å². The molecule has 0 fully saturated rings. The van der Waals surface area contributed by atoms with Crippen molar-refractivity contribution in [2.45, 2.75) is 51.4 Å². The summed E-state index contributed by atoms with van der Waals surface area (Å²) in [6.45, 7) is 3.41. The summed E-state index contributed by atoms with van der Waals surface area (Å²) in [4.78, 5) is 14.2. The molecule has 0 radical (unpaired) electrons. The van der Waals surface area contributed by atoms with E-state index < -0.39 is 5.97 Å². The number of unbranched alkanes of at least 4 members (excludes halogenated alkanes) is 6. The van der Waals surface area contributed by atoms with E-state index in [1.807, 2.05) is 6.21 Å². The smallest absolute Gasteiger partial charge is 0.303 e. The fraction of sp³-hybridized carbons (Fsp3) is 0.615. The SMILES string of the molecule is C=C=CN=CCCCCCCCCC(=O)O. The maximum Gasteiger partial charge on any atom is 0.303 e. The molecule has 16 heavy (non-hydrogen) atoms. The third-order valence-corrected chi connectivity index (χ3v) is 2.25. The molecule has 0 saturated heterocycles. The highest BCUT2D eigenvalue weighted by Crippen LogP contribution is 2.07. The summed E-state index contributed by atoms with van der Waals surface area (Å²) in [5, 5.41) is 8.43. The molecule has 0 aromatic heterocycles. The van der Waals surface area contributed by atoms with Gasteiger partial charge < -0.3 is 5.11 Å². The molecular formula is C13H21NO2. The number of carboxylic acid groups (broad SMARTS) is 1. The first-order chi connectivity index (χ1) is 7.77. The molecule has 0 rings (SSSR count). The molecule has 3 nitrogen and oxygen atoms in total. The van der Waals surface area contributed by atoms with E-state index in [0.717, 1.165) is 32.1 Å². The quantitative estimate of drug-likeness (QED) is 0.350. The number of aliphatic imine (C=N–C) groups is 1. The van der Waals surface area contributed by atoms with E-state index in [4.69, 9.17) is 5.11 Å². The number of carboxylic acids is 1. The Morgan fingerprint density at radius 3 is 2.44 bits per heavy atom. The molecule has 0 saturated carbocycles. The van der Waals surface area contributed by atoms with Crippen LogP contribution < -0.4 is 0 Å². The van der Waals surface area contributed by atoms with Crippen molar-refractivity contribution < 1.29 is 9.90 Å². The summed E-state index contributed by atoms with van der Waals surface area (Å²) < 4.78 is 0. The maximum absolute atomic E-state index is 10.2. The summed E-state index contributed by atoms with van der Waals surface area (Å²) in [6, 6.07) is 0. The summed E-state index contributed by atoms with van der Waals surface area (Å²) >= 11 is 0. The number of nitrogens with zero attached hydrogens (tertiary/aromatic N) is 1. The van der Waals surface area contributed by atoms with Crippen LogP contribution in [0.4, 0.5) is 0 Å². The van der Waals surface area contributed by atoms with E-state index in [2.05, 4.69) is 17.3 Å². The van der Waals surface area contributed by atoms with Gasteiger partial charge in [-0.1, -0.05) is 32.3 Å². The number of rotatable bonds is 10. The average Bonchev–Trinajstić information content (AvgIpc) is 2.25. The van der Waals surface area contributed by atoms with Gasteiger partial charge in [-0.05, 0) is 19.3 Å². The Balaban J connectivity index is 3.09. The van der Waals surface area contributed by atoms with Crippen LogP contribution in [0.25, 0.3) is 0 Å². The second-order valence-corrected chi connectivity index (χ2v) is 3.72. The molecule has 0 spiro atoms. The molecule has 0 atom stereocenters. The topological polar surface area (TPSA) is 49.7 Å². The van der Waals surface area contributed by atoms with Crippen LogP contribution in [0, 0.1) is 0 Å².